The summed E-state index contributed by atoms with van der Waals surface area (Å²) in [6.45, 7) is 28.0. The zero-order chi connectivity index (χ0) is 49.9. The Kier molecular flexibility index (Phi) is 22.8. The molecule has 8 heterocycles. The number of aliphatic hydroxyl groups is 3. The van der Waals surface area contributed by atoms with E-state index < -0.39 is 6.10 Å². The highest BCUT2D eigenvalue weighted by molar-refractivity contribution is 5.48. The van der Waals surface area contributed by atoms with Gasteiger partial charge in [-0.1, -0.05) is 55.4 Å². The first-order valence-electron chi connectivity index (χ1n) is 25.3. The molecule has 8 rings (SSSR count). The van der Waals surface area contributed by atoms with E-state index in [1.54, 1.807) is 14.0 Å². The first-order chi connectivity index (χ1) is 33.2. The molecule has 4 aromatic heterocycles. The van der Waals surface area contributed by atoms with Gasteiger partial charge in [0.1, 0.15) is 6.10 Å². The molecule has 15 nitrogen and oxygen atoms in total. The molecule has 15 heteroatoms. The van der Waals surface area contributed by atoms with Crippen molar-refractivity contribution in [3.05, 3.63) is 96.1 Å². The van der Waals surface area contributed by atoms with Crippen LogP contribution < -0.4 is 19.6 Å². The molecular weight excluding hydrogens is 873 g/mol. The number of rotatable bonds is 12. The molecule has 4 fully saturated rings. The minimum Gasteiger partial charge on any atom is -0.394 e. The predicted molar refractivity (Wildman–Crippen MR) is 277 cm³/mol. The molecule has 4 aromatic rings. The quantitative estimate of drug-likeness (QED) is 0.129. The molecule has 4 aliphatic heterocycles. The van der Waals surface area contributed by atoms with Crippen LogP contribution in [0.4, 0.5) is 22.7 Å². The van der Waals surface area contributed by atoms with Crippen LogP contribution in [0, 0.1) is 0 Å². The number of morpholine rings is 3. The highest BCUT2D eigenvalue weighted by atomic mass is 16.5. The maximum atomic E-state index is 9.59. The molecule has 4 saturated heterocycles. The van der Waals surface area contributed by atoms with Gasteiger partial charge in [0, 0.05) is 82.2 Å². The minimum absolute atomic E-state index is 0.0754. The Morgan fingerprint density at radius 3 is 1.12 bits per heavy atom. The van der Waals surface area contributed by atoms with Crippen molar-refractivity contribution in [3.63, 3.8) is 0 Å². The normalized spacial score (nSPS) is 20.5. The van der Waals surface area contributed by atoms with E-state index in [0.29, 0.717) is 49.6 Å². The molecule has 0 saturated carbocycles. The maximum Gasteiger partial charge on any atom is 0.101 e. The summed E-state index contributed by atoms with van der Waals surface area (Å²) in [6, 6.07) is 16.9. The molecule has 0 aromatic carbocycles. The summed E-state index contributed by atoms with van der Waals surface area (Å²) in [5.41, 5.74) is 9.06. The van der Waals surface area contributed by atoms with Crippen LogP contribution in [0.5, 0.6) is 0 Å². The lowest BCUT2D eigenvalue weighted by Crippen LogP contribution is -2.47. The van der Waals surface area contributed by atoms with Crippen molar-refractivity contribution in [3.8, 4) is 0 Å². The number of aromatic nitrogens is 4. The van der Waals surface area contributed by atoms with Crippen LogP contribution in [0.25, 0.3) is 0 Å². The van der Waals surface area contributed by atoms with Crippen LogP contribution in [0.3, 0.4) is 0 Å². The zero-order valence-corrected chi connectivity index (χ0v) is 43.3. The molecule has 69 heavy (non-hydrogen) atoms. The molecule has 382 valence electrons. The summed E-state index contributed by atoms with van der Waals surface area (Å²) in [5.74, 6) is 1.87. The van der Waals surface area contributed by atoms with Crippen molar-refractivity contribution in [2.75, 3.05) is 112 Å². The molecule has 4 atom stereocenters. The molecule has 3 N–H and O–H groups in total. The van der Waals surface area contributed by atoms with Gasteiger partial charge in [-0.3, -0.25) is 19.9 Å². The number of piperidine rings is 1. The molecule has 0 radical (unpaired) electrons. The average molecular weight is 957 g/mol. The van der Waals surface area contributed by atoms with Crippen LogP contribution in [0.2, 0.25) is 0 Å². The molecule has 0 bridgehead atoms. The fraction of sp³-hybridized carbons (Fsp3) is 0.630. The highest BCUT2D eigenvalue weighted by Crippen LogP contribution is 2.25. The van der Waals surface area contributed by atoms with E-state index >= 15 is 0 Å². The third kappa shape index (κ3) is 17.4. The number of aliphatic hydroxyl groups excluding tert-OH is 3. The Labute approximate surface area is 413 Å². The summed E-state index contributed by atoms with van der Waals surface area (Å²) in [5, 5.41) is 27.8. The van der Waals surface area contributed by atoms with Crippen LogP contribution in [0.15, 0.2) is 73.3 Å². The Hall–Kier alpha value is -4.48. The van der Waals surface area contributed by atoms with Gasteiger partial charge in [0.05, 0.1) is 105 Å². The van der Waals surface area contributed by atoms with Crippen molar-refractivity contribution < 1.29 is 34.3 Å². The van der Waals surface area contributed by atoms with Crippen LogP contribution >= 0.6 is 0 Å². The molecule has 0 aliphatic carbocycles. The lowest BCUT2D eigenvalue weighted by Gasteiger charge is -2.35. The number of hydrogen-bond donors (Lipinski definition) is 3. The maximum absolute atomic E-state index is 9.59. The van der Waals surface area contributed by atoms with Gasteiger partial charge in [-0.2, -0.15) is 0 Å². The molecule has 3 unspecified atom stereocenters. The van der Waals surface area contributed by atoms with E-state index in [-0.39, 0.29) is 31.5 Å². The zero-order valence-electron chi connectivity index (χ0n) is 43.3. The topological polar surface area (TPSA) is 162 Å². The molecule has 0 amide bonds. The Balaban J connectivity index is 0.000000172. The van der Waals surface area contributed by atoms with Crippen molar-refractivity contribution in [1.29, 1.82) is 0 Å². The van der Waals surface area contributed by atoms with Gasteiger partial charge in [-0.15, -0.1) is 0 Å². The van der Waals surface area contributed by atoms with Gasteiger partial charge < -0.3 is 53.9 Å². The summed E-state index contributed by atoms with van der Waals surface area (Å²) < 4.78 is 21.8. The van der Waals surface area contributed by atoms with Crippen molar-refractivity contribution >= 4 is 22.7 Å². The van der Waals surface area contributed by atoms with E-state index in [2.05, 4.69) is 143 Å². The molecule has 0 spiro atoms. The second-order valence-electron chi connectivity index (χ2n) is 19.6. The fourth-order valence-corrected chi connectivity index (χ4v) is 8.38. The second kappa shape index (κ2) is 28.4. The standard InChI is InChI=1S/C14H22N2O2.C14H22N2O.2C13H20N2O2/c1-10(2)13-5-4-12(8-15-13)16-6-7-18-14(9-16)11(3)17;1-11(2)14-5-4-12(10-15-14)16-8-6-13(17-3)7-9-16;2*1-10(2)13-4-3-11(7-14-13)15-5-6-17-12(8-15)9-16/h4-5,8,10-11,14,17H,6-7,9H2,1-3H3;4-5,10-11,13H,6-9H2,1-3H3;2*3-4,7,10,12,16H,5-6,8-9H2,1-2H3/t;;12-;/m..1./s1. The smallest absolute Gasteiger partial charge is 0.101 e. The summed E-state index contributed by atoms with van der Waals surface area (Å²) in [7, 11) is 1.80. The summed E-state index contributed by atoms with van der Waals surface area (Å²) in [4.78, 5) is 27.0. The Morgan fingerprint density at radius 1 is 0.493 bits per heavy atom. The number of pyridine rings is 4. The minimum atomic E-state index is -0.435. The molecule has 4 aliphatic rings. The van der Waals surface area contributed by atoms with Gasteiger partial charge >= 0.3 is 0 Å². The Morgan fingerprint density at radius 2 is 0.826 bits per heavy atom. The number of anilines is 4. The number of methoxy groups -OCH3 is 1. The first kappa shape index (κ1) is 55.4. The van der Waals surface area contributed by atoms with E-state index in [1.807, 2.05) is 24.8 Å². The lowest BCUT2D eigenvalue weighted by molar-refractivity contribution is -0.0364. The fourth-order valence-electron chi connectivity index (χ4n) is 8.38. The lowest BCUT2D eigenvalue weighted by atomic mass is 10.1. The average Bonchev–Trinajstić information content (AvgIpc) is 3.39. The first-order valence-corrected chi connectivity index (χ1v) is 25.3. The number of nitrogens with zero attached hydrogens (tertiary/aromatic N) is 8. The van der Waals surface area contributed by atoms with Crippen LogP contribution in [-0.4, -0.2) is 158 Å². The predicted octanol–water partition coefficient (Wildman–Crippen LogP) is 7.42. The summed E-state index contributed by atoms with van der Waals surface area (Å²) in [6.07, 6.45) is 9.72. The van der Waals surface area contributed by atoms with Crippen LogP contribution in [0.1, 0.15) is 122 Å². The Bertz CT molecular complexity index is 1930. The van der Waals surface area contributed by atoms with Crippen molar-refractivity contribution in [2.24, 2.45) is 0 Å². The second-order valence-corrected chi connectivity index (χ2v) is 19.6. The van der Waals surface area contributed by atoms with Crippen LogP contribution in [-0.2, 0) is 18.9 Å². The van der Waals surface area contributed by atoms with Gasteiger partial charge in [-0.05, 0) is 92.0 Å². The SMILES string of the molecule is CC(C)c1ccc(N2CCOC(C(C)O)C2)cn1.CC(C)c1ccc(N2CCOC(CO)C2)cn1.CC(C)c1ccc(N2CCO[C@@H](CO)C2)cn1.COC1CCN(c2ccc(C(C)C)nc2)CC1. The number of hydrogen-bond acceptors (Lipinski definition) is 15. The highest BCUT2D eigenvalue weighted by Gasteiger charge is 2.25. The third-order valence-electron chi connectivity index (χ3n) is 13.0. The largest absolute Gasteiger partial charge is 0.394 e. The van der Waals surface area contributed by atoms with Gasteiger partial charge in [-0.25, -0.2) is 0 Å². The molecular formula is C54H84N8O7. The van der Waals surface area contributed by atoms with E-state index in [9.17, 15) is 5.11 Å². The van der Waals surface area contributed by atoms with E-state index in [1.165, 1.54) is 11.4 Å². The van der Waals surface area contributed by atoms with Gasteiger partial charge in [0.2, 0.25) is 0 Å². The third-order valence-corrected chi connectivity index (χ3v) is 13.0. The van der Waals surface area contributed by atoms with Gasteiger partial charge in [0.15, 0.2) is 0 Å². The summed E-state index contributed by atoms with van der Waals surface area (Å²) >= 11 is 0. The van der Waals surface area contributed by atoms with E-state index in [4.69, 9.17) is 29.2 Å². The van der Waals surface area contributed by atoms with E-state index in [0.717, 1.165) is 99.3 Å². The monoisotopic (exact) mass is 957 g/mol. The number of ether oxygens (including phenoxy) is 4. The van der Waals surface area contributed by atoms with Gasteiger partial charge in [0.25, 0.3) is 0 Å². The van der Waals surface area contributed by atoms with Crippen molar-refractivity contribution in [1.82, 2.24) is 19.9 Å². The van der Waals surface area contributed by atoms with Crippen molar-refractivity contribution in [2.45, 2.75) is 129 Å².